The smallest absolute Gasteiger partial charge is 0.319 e. The third-order valence-corrected chi connectivity index (χ3v) is 4.58. The minimum Gasteiger partial charge on any atom is -0.493 e. The summed E-state index contributed by atoms with van der Waals surface area (Å²) in [5.41, 5.74) is 3.53. The van der Waals surface area contributed by atoms with Gasteiger partial charge in [0, 0.05) is 31.4 Å². The molecule has 0 spiro atoms. The van der Waals surface area contributed by atoms with E-state index in [4.69, 9.17) is 9.47 Å². The summed E-state index contributed by atoms with van der Waals surface area (Å²) < 4.78 is 10.5. The Kier molecular flexibility index (Phi) is 5.49. The van der Waals surface area contributed by atoms with Crippen molar-refractivity contribution in [3.05, 3.63) is 47.5 Å². The molecule has 7 heteroatoms. The van der Waals surface area contributed by atoms with Gasteiger partial charge in [0.2, 0.25) is 5.91 Å². The van der Waals surface area contributed by atoms with Gasteiger partial charge in [0.15, 0.2) is 11.5 Å². The lowest BCUT2D eigenvalue weighted by Crippen LogP contribution is -2.31. The minimum atomic E-state index is -0.301. The maximum atomic E-state index is 12.2. The van der Waals surface area contributed by atoms with E-state index < -0.39 is 0 Å². The zero-order chi connectivity index (χ0) is 19.4. The van der Waals surface area contributed by atoms with E-state index in [2.05, 4.69) is 10.6 Å². The highest BCUT2D eigenvalue weighted by Crippen LogP contribution is 2.29. The third-order valence-electron chi connectivity index (χ3n) is 4.58. The first-order valence-corrected chi connectivity index (χ1v) is 8.67. The molecule has 2 N–H and O–H groups in total. The molecule has 3 amide bonds. The molecule has 2 aromatic carbocycles. The lowest BCUT2D eigenvalue weighted by atomic mass is 10.0. The third kappa shape index (κ3) is 4.13. The van der Waals surface area contributed by atoms with Crippen LogP contribution in [-0.2, 0) is 17.8 Å². The number of anilines is 2. The molecule has 0 saturated carbocycles. The molecule has 0 saturated heterocycles. The number of urea groups is 1. The van der Waals surface area contributed by atoms with Gasteiger partial charge in [-0.05, 0) is 47.9 Å². The summed E-state index contributed by atoms with van der Waals surface area (Å²) in [6, 6.07) is 10.8. The summed E-state index contributed by atoms with van der Waals surface area (Å²) in [4.78, 5) is 25.6. The summed E-state index contributed by atoms with van der Waals surface area (Å²) in [7, 11) is 4.92. The number of nitrogens with one attached hydrogen (secondary N) is 2. The predicted octanol–water partition coefficient (Wildman–Crippen LogP) is 2.93. The second-order valence-corrected chi connectivity index (χ2v) is 6.29. The number of nitrogens with zero attached hydrogens (tertiary/aromatic N) is 1. The Hall–Kier alpha value is -3.22. The van der Waals surface area contributed by atoms with E-state index in [1.807, 2.05) is 24.3 Å². The van der Waals surface area contributed by atoms with Crippen LogP contribution in [0.1, 0.15) is 17.5 Å². The molecule has 0 atom stereocenters. The van der Waals surface area contributed by atoms with Crippen LogP contribution in [0.15, 0.2) is 36.4 Å². The van der Waals surface area contributed by atoms with Crippen LogP contribution in [0.25, 0.3) is 0 Å². The van der Waals surface area contributed by atoms with Crippen LogP contribution < -0.4 is 25.0 Å². The Bertz CT molecular complexity index is 866. The van der Waals surface area contributed by atoms with Gasteiger partial charge < -0.3 is 25.0 Å². The molecule has 0 fully saturated rings. The van der Waals surface area contributed by atoms with Crippen LogP contribution in [-0.4, -0.2) is 33.2 Å². The highest BCUT2D eigenvalue weighted by atomic mass is 16.5. The van der Waals surface area contributed by atoms with Crippen molar-refractivity contribution >= 4 is 23.3 Å². The van der Waals surface area contributed by atoms with E-state index in [0.717, 1.165) is 16.8 Å². The number of fused-ring (bicyclic) bond motifs is 1. The molecular weight excluding hydrogens is 346 g/mol. The molecule has 1 aliphatic rings. The number of ether oxygens (including phenoxy) is 2. The number of carbonyl (C=O) groups excluding carboxylic acids is 2. The Balaban J connectivity index is 1.61. The molecule has 0 bridgehead atoms. The van der Waals surface area contributed by atoms with Gasteiger partial charge in [-0.3, -0.25) is 4.79 Å². The lowest BCUT2D eigenvalue weighted by Gasteiger charge is -2.26. The second kappa shape index (κ2) is 7.99. The minimum absolute atomic E-state index is 0.107. The Labute approximate surface area is 158 Å². The monoisotopic (exact) mass is 369 g/mol. The van der Waals surface area contributed by atoms with Gasteiger partial charge in [0.25, 0.3) is 0 Å². The van der Waals surface area contributed by atoms with Gasteiger partial charge in [-0.1, -0.05) is 6.07 Å². The normalized spacial score (nSPS) is 13.0. The molecule has 2 aromatic rings. The number of benzene rings is 2. The highest BCUT2D eigenvalue weighted by Gasteiger charge is 2.21. The number of carbonyl (C=O) groups is 2. The molecule has 1 heterocycles. The number of rotatable bonds is 5. The Morgan fingerprint density at radius 2 is 1.85 bits per heavy atom. The first-order chi connectivity index (χ1) is 13.0. The summed E-state index contributed by atoms with van der Waals surface area (Å²) in [6.45, 7) is 0.356. The average Bonchev–Trinajstić information content (AvgIpc) is 2.69. The van der Waals surface area contributed by atoms with Gasteiger partial charge in [-0.2, -0.15) is 0 Å². The fourth-order valence-corrected chi connectivity index (χ4v) is 3.08. The van der Waals surface area contributed by atoms with Crippen molar-refractivity contribution in [3.63, 3.8) is 0 Å². The summed E-state index contributed by atoms with van der Waals surface area (Å²) in [5.74, 6) is 1.37. The first-order valence-electron chi connectivity index (χ1n) is 8.67. The van der Waals surface area contributed by atoms with E-state index in [0.29, 0.717) is 36.6 Å². The van der Waals surface area contributed by atoms with Crippen molar-refractivity contribution in [2.24, 2.45) is 0 Å². The quantitative estimate of drug-likeness (QED) is 0.849. The van der Waals surface area contributed by atoms with Crippen LogP contribution in [0.2, 0.25) is 0 Å². The fraction of sp³-hybridized carbons (Fsp3) is 0.300. The zero-order valence-electron chi connectivity index (χ0n) is 15.7. The molecule has 7 nitrogen and oxygen atoms in total. The van der Waals surface area contributed by atoms with E-state index in [1.165, 1.54) is 0 Å². The van der Waals surface area contributed by atoms with Crippen LogP contribution in [0.4, 0.5) is 16.2 Å². The van der Waals surface area contributed by atoms with Crippen LogP contribution in [0.5, 0.6) is 11.5 Å². The average molecular weight is 369 g/mol. The topological polar surface area (TPSA) is 79.9 Å². The van der Waals surface area contributed by atoms with E-state index in [1.54, 1.807) is 38.3 Å². The molecule has 0 unspecified atom stereocenters. The van der Waals surface area contributed by atoms with Crippen LogP contribution in [0, 0.1) is 0 Å². The predicted molar refractivity (Wildman–Crippen MR) is 104 cm³/mol. The van der Waals surface area contributed by atoms with Gasteiger partial charge in [0.1, 0.15) is 0 Å². The van der Waals surface area contributed by atoms with Crippen molar-refractivity contribution in [3.8, 4) is 11.5 Å². The van der Waals surface area contributed by atoms with Crippen LogP contribution in [0.3, 0.4) is 0 Å². The Morgan fingerprint density at radius 1 is 1.07 bits per heavy atom. The van der Waals surface area contributed by atoms with Gasteiger partial charge in [-0.15, -0.1) is 0 Å². The van der Waals surface area contributed by atoms with E-state index in [-0.39, 0.29) is 11.9 Å². The van der Waals surface area contributed by atoms with Crippen LogP contribution >= 0.6 is 0 Å². The number of hydrogen-bond acceptors (Lipinski definition) is 4. The van der Waals surface area contributed by atoms with Crippen molar-refractivity contribution in [1.82, 2.24) is 5.32 Å². The first kappa shape index (κ1) is 18.6. The van der Waals surface area contributed by atoms with Crippen molar-refractivity contribution < 1.29 is 19.1 Å². The zero-order valence-corrected chi connectivity index (χ0v) is 15.7. The maximum absolute atomic E-state index is 12.2. The molecule has 0 radical (unpaired) electrons. The molecule has 27 heavy (non-hydrogen) atoms. The number of amides is 3. The van der Waals surface area contributed by atoms with Crippen molar-refractivity contribution in [1.29, 1.82) is 0 Å². The molecule has 0 aromatic heterocycles. The highest BCUT2D eigenvalue weighted by molar-refractivity contribution is 5.97. The Morgan fingerprint density at radius 3 is 2.59 bits per heavy atom. The molecule has 0 aliphatic carbocycles. The van der Waals surface area contributed by atoms with Gasteiger partial charge in [0.05, 0.1) is 14.2 Å². The summed E-state index contributed by atoms with van der Waals surface area (Å²) >= 11 is 0. The second-order valence-electron chi connectivity index (χ2n) is 6.29. The number of methoxy groups -OCH3 is 2. The van der Waals surface area contributed by atoms with Crippen molar-refractivity contribution in [2.45, 2.75) is 19.4 Å². The van der Waals surface area contributed by atoms with E-state index >= 15 is 0 Å². The maximum Gasteiger partial charge on any atom is 0.319 e. The fourth-order valence-electron chi connectivity index (χ4n) is 3.08. The van der Waals surface area contributed by atoms with Gasteiger partial charge in [-0.25, -0.2) is 4.79 Å². The largest absolute Gasteiger partial charge is 0.493 e. The lowest BCUT2D eigenvalue weighted by molar-refractivity contribution is -0.118. The number of aryl methyl sites for hydroxylation is 1. The molecule has 142 valence electrons. The standard InChI is InChI=1S/C20H23N3O4/c1-23-16-7-6-15(11-14(16)5-9-19(23)24)22-20(25)21-12-13-4-8-17(26-2)18(10-13)27-3/h4,6-8,10-11H,5,9,12H2,1-3H3,(H2,21,22,25). The number of hydrogen-bond donors (Lipinski definition) is 2. The molecule has 3 rings (SSSR count). The van der Waals surface area contributed by atoms with E-state index in [9.17, 15) is 9.59 Å². The summed E-state index contributed by atoms with van der Waals surface area (Å²) in [5, 5.41) is 5.65. The molecular formula is C20H23N3O4. The SMILES string of the molecule is COc1ccc(CNC(=O)Nc2ccc3c(c2)CCC(=O)N3C)cc1OC. The summed E-state index contributed by atoms with van der Waals surface area (Å²) in [6.07, 6.45) is 1.17. The van der Waals surface area contributed by atoms with Crippen molar-refractivity contribution in [2.75, 3.05) is 31.5 Å². The van der Waals surface area contributed by atoms with Gasteiger partial charge >= 0.3 is 6.03 Å². The molecule has 1 aliphatic heterocycles.